The van der Waals surface area contributed by atoms with Crippen LogP contribution in [0.5, 0.6) is 0 Å². The van der Waals surface area contributed by atoms with Crippen molar-refractivity contribution >= 4 is 18.2 Å². The summed E-state index contributed by atoms with van der Waals surface area (Å²) in [5.41, 5.74) is 0. The molecule has 0 saturated carbocycles. The van der Waals surface area contributed by atoms with Gasteiger partial charge in [-0.2, -0.15) is 21.1 Å². The lowest BCUT2D eigenvalue weighted by atomic mass is 10.5. The highest BCUT2D eigenvalue weighted by molar-refractivity contribution is 8.63. The second-order valence-corrected chi connectivity index (χ2v) is 7.15. The predicted molar refractivity (Wildman–Crippen MR) is 42.9 cm³/mol. The molecule has 0 aromatic carbocycles. The van der Waals surface area contributed by atoms with E-state index in [1.807, 2.05) is 0 Å². The molecule has 13 heavy (non-hydrogen) atoms. The molecule has 0 spiro atoms. The Morgan fingerprint density at radius 1 is 1.08 bits per heavy atom. The zero-order valence-electron chi connectivity index (χ0n) is 6.58. The van der Waals surface area contributed by atoms with Gasteiger partial charge in [0.15, 0.2) is 0 Å². The monoisotopic (exact) mass is 231 g/mol. The SMILES string of the molecule is O=S(=O)(O)S(=O)(=O)N1CCOCC1. The topological polar surface area (TPSA) is 101 Å². The molecule has 1 rings (SSSR count). The van der Waals surface area contributed by atoms with E-state index < -0.39 is 18.2 Å². The minimum Gasteiger partial charge on any atom is -0.379 e. The van der Waals surface area contributed by atoms with Gasteiger partial charge in [-0.1, -0.05) is 0 Å². The van der Waals surface area contributed by atoms with Crippen molar-refractivity contribution < 1.29 is 26.1 Å². The Morgan fingerprint density at radius 3 is 1.92 bits per heavy atom. The van der Waals surface area contributed by atoms with E-state index in [1.54, 1.807) is 0 Å². The highest BCUT2D eigenvalue weighted by atomic mass is 33.2. The van der Waals surface area contributed by atoms with Crippen LogP contribution in [0.1, 0.15) is 0 Å². The molecule has 9 heteroatoms. The minimum absolute atomic E-state index is 0.0534. The second kappa shape index (κ2) is 3.50. The first-order valence-corrected chi connectivity index (χ1v) is 6.81. The van der Waals surface area contributed by atoms with E-state index in [4.69, 9.17) is 9.29 Å². The first kappa shape index (κ1) is 10.9. The van der Waals surface area contributed by atoms with Crippen LogP contribution in [-0.2, 0) is 22.9 Å². The van der Waals surface area contributed by atoms with Gasteiger partial charge in [0, 0.05) is 13.1 Å². The minimum atomic E-state index is -5.06. The van der Waals surface area contributed by atoms with Gasteiger partial charge in [-0.3, -0.25) is 4.55 Å². The summed E-state index contributed by atoms with van der Waals surface area (Å²) in [6, 6.07) is 0. The zero-order chi connectivity index (χ0) is 10.1. The van der Waals surface area contributed by atoms with Crippen molar-refractivity contribution in [2.45, 2.75) is 0 Å². The van der Waals surface area contributed by atoms with E-state index >= 15 is 0 Å². The normalized spacial score (nSPS) is 21.6. The van der Waals surface area contributed by atoms with E-state index in [0.717, 1.165) is 0 Å². The number of nitrogens with zero attached hydrogens (tertiary/aromatic N) is 1. The molecule has 78 valence electrons. The summed E-state index contributed by atoms with van der Waals surface area (Å²) in [7, 11) is -9.68. The highest BCUT2D eigenvalue weighted by Crippen LogP contribution is 2.10. The van der Waals surface area contributed by atoms with E-state index in [0.29, 0.717) is 4.31 Å². The average molecular weight is 231 g/mol. The summed E-state index contributed by atoms with van der Waals surface area (Å²) in [6.45, 7) is 0.160. The standard InChI is InChI=1S/C4H9NO6S2/c6-12(7,13(8,9)10)5-1-3-11-4-2-5/h1-4H2,(H,8,9,10). The summed E-state index contributed by atoms with van der Waals surface area (Å²) < 4.78 is 56.9. The van der Waals surface area contributed by atoms with Gasteiger partial charge >= 0.3 is 18.2 Å². The second-order valence-electron chi connectivity index (χ2n) is 2.40. The van der Waals surface area contributed by atoms with Crippen molar-refractivity contribution in [2.24, 2.45) is 0 Å². The smallest absolute Gasteiger partial charge is 0.379 e. The largest absolute Gasteiger partial charge is 0.386 e. The molecule has 1 heterocycles. The molecule has 0 unspecified atom stereocenters. The zero-order valence-corrected chi connectivity index (χ0v) is 8.21. The molecule has 1 N–H and O–H groups in total. The Labute approximate surface area is 75.5 Å². The van der Waals surface area contributed by atoms with E-state index in [1.165, 1.54) is 0 Å². The van der Waals surface area contributed by atoms with Gasteiger partial charge in [0.25, 0.3) is 0 Å². The maximum Gasteiger partial charge on any atom is 0.386 e. The van der Waals surface area contributed by atoms with Crippen LogP contribution in [0.2, 0.25) is 0 Å². The number of hydrogen-bond donors (Lipinski definition) is 1. The highest BCUT2D eigenvalue weighted by Gasteiger charge is 2.35. The van der Waals surface area contributed by atoms with Gasteiger partial charge in [0.2, 0.25) is 0 Å². The van der Waals surface area contributed by atoms with Crippen LogP contribution in [0.25, 0.3) is 0 Å². The van der Waals surface area contributed by atoms with Gasteiger partial charge in [-0.25, -0.2) is 0 Å². The quantitative estimate of drug-likeness (QED) is 0.456. The maximum absolute atomic E-state index is 11.0. The Bertz CT molecular complexity index is 363. The van der Waals surface area contributed by atoms with Crippen LogP contribution in [0.15, 0.2) is 0 Å². The summed E-state index contributed by atoms with van der Waals surface area (Å²) in [5, 5.41) is 0. The van der Waals surface area contributed by atoms with E-state index in [9.17, 15) is 16.8 Å². The van der Waals surface area contributed by atoms with Crippen LogP contribution >= 0.6 is 0 Å². The Hall–Kier alpha value is -0.220. The Balaban J connectivity index is 2.93. The van der Waals surface area contributed by atoms with Crippen LogP contribution in [-0.4, -0.2) is 52.0 Å². The number of morpholine rings is 1. The van der Waals surface area contributed by atoms with Crippen molar-refractivity contribution in [3.05, 3.63) is 0 Å². The van der Waals surface area contributed by atoms with Gasteiger partial charge in [-0.05, 0) is 0 Å². The Kier molecular flexibility index (Phi) is 2.92. The summed E-state index contributed by atoms with van der Waals surface area (Å²) in [4.78, 5) is 0. The van der Waals surface area contributed by atoms with Crippen molar-refractivity contribution in [1.29, 1.82) is 0 Å². The average Bonchev–Trinajstić information content (AvgIpc) is 2.04. The van der Waals surface area contributed by atoms with Crippen LogP contribution in [0.4, 0.5) is 0 Å². The summed E-state index contributed by atoms with van der Waals surface area (Å²) in [6.07, 6.45) is 0. The summed E-state index contributed by atoms with van der Waals surface area (Å²) in [5.74, 6) is 0. The molecule has 0 atom stereocenters. The van der Waals surface area contributed by atoms with Crippen molar-refractivity contribution in [2.75, 3.05) is 26.3 Å². The first-order valence-electron chi connectivity index (χ1n) is 3.41. The van der Waals surface area contributed by atoms with Crippen molar-refractivity contribution in [3.8, 4) is 0 Å². The first-order chi connectivity index (χ1) is 5.86. The molecule has 0 aliphatic carbocycles. The van der Waals surface area contributed by atoms with Gasteiger partial charge < -0.3 is 4.74 Å². The third-order valence-electron chi connectivity index (χ3n) is 1.55. The van der Waals surface area contributed by atoms with Gasteiger partial charge in [-0.15, -0.1) is 0 Å². The fourth-order valence-corrected chi connectivity index (χ4v) is 3.01. The fourth-order valence-electron chi connectivity index (χ4n) is 0.903. The Morgan fingerprint density at radius 2 is 1.54 bits per heavy atom. The maximum atomic E-state index is 11.0. The number of ether oxygens (including phenoxy) is 1. The third kappa shape index (κ3) is 2.17. The molecule has 1 saturated heterocycles. The van der Waals surface area contributed by atoms with Crippen molar-refractivity contribution in [3.63, 3.8) is 0 Å². The van der Waals surface area contributed by atoms with Gasteiger partial charge in [0.1, 0.15) is 0 Å². The lowest BCUT2D eigenvalue weighted by molar-refractivity contribution is 0.0738. The fraction of sp³-hybridized carbons (Fsp3) is 1.00. The summed E-state index contributed by atoms with van der Waals surface area (Å²) >= 11 is 0. The van der Waals surface area contributed by atoms with Crippen LogP contribution < -0.4 is 0 Å². The van der Waals surface area contributed by atoms with Crippen LogP contribution in [0, 0.1) is 0 Å². The molecule has 0 aromatic rings. The van der Waals surface area contributed by atoms with E-state index in [-0.39, 0.29) is 26.3 Å². The molecule has 0 radical (unpaired) electrons. The molecule has 0 amide bonds. The lowest BCUT2D eigenvalue weighted by Gasteiger charge is -2.23. The van der Waals surface area contributed by atoms with Crippen molar-refractivity contribution in [1.82, 2.24) is 4.31 Å². The van der Waals surface area contributed by atoms with E-state index in [2.05, 4.69) is 0 Å². The number of hydrogen-bond acceptors (Lipinski definition) is 5. The third-order valence-corrected chi connectivity index (χ3v) is 5.31. The van der Waals surface area contributed by atoms with Gasteiger partial charge in [0.05, 0.1) is 13.2 Å². The molecular formula is C4H9NO6S2. The number of rotatable bonds is 2. The molecule has 1 aliphatic heterocycles. The lowest BCUT2D eigenvalue weighted by Crippen LogP contribution is -2.43. The molecule has 1 aliphatic rings. The molecule has 7 nitrogen and oxygen atoms in total. The van der Waals surface area contributed by atoms with Crippen LogP contribution in [0.3, 0.4) is 0 Å². The molecule has 0 aromatic heterocycles. The molecule has 1 fully saturated rings. The molecule has 0 bridgehead atoms. The molecular weight excluding hydrogens is 222 g/mol. The predicted octanol–water partition coefficient (Wildman–Crippen LogP) is -1.55.